The van der Waals surface area contributed by atoms with Crippen molar-refractivity contribution in [3.8, 4) is 5.75 Å². The molecular formula is C22H18BrN3O3S. The largest absolute Gasteiger partial charge is 0.496 e. The lowest BCUT2D eigenvalue weighted by molar-refractivity contribution is -0.115. The van der Waals surface area contributed by atoms with E-state index in [-0.39, 0.29) is 5.11 Å². The molecule has 0 heterocycles. The molecular weight excluding hydrogens is 466 g/mol. The van der Waals surface area contributed by atoms with Crippen molar-refractivity contribution >= 4 is 61.9 Å². The van der Waals surface area contributed by atoms with Gasteiger partial charge in [-0.25, -0.2) is 0 Å². The molecule has 3 N–H and O–H groups in total. The van der Waals surface area contributed by atoms with Gasteiger partial charge in [0.2, 0.25) is 5.91 Å². The van der Waals surface area contributed by atoms with Crippen LogP contribution in [0.25, 0.3) is 16.8 Å². The third-order valence-corrected chi connectivity index (χ3v) is 5.00. The number of hydrogen-bond donors (Lipinski definition) is 3. The first-order valence-electron chi connectivity index (χ1n) is 8.88. The fourth-order valence-electron chi connectivity index (χ4n) is 2.74. The van der Waals surface area contributed by atoms with E-state index in [0.29, 0.717) is 15.8 Å². The van der Waals surface area contributed by atoms with Crippen LogP contribution >= 0.6 is 28.1 Å². The number of hydrazine groups is 1. The van der Waals surface area contributed by atoms with E-state index in [4.69, 9.17) is 17.0 Å². The summed E-state index contributed by atoms with van der Waals surface area (Å²) >= 11 is 8.37. The van der Waals surface area contributed by atoms with Crippen molar-refractivity contribution in [3.63, 3.8) is 0 Å². The number of amides is 2. The van der Waals surface area contributed by atoms with Crippen LogP contribution in [0.2, 0.25) is 0 Å². The average molecular weight is 484 g/mol. The van der Waals surface area contributed by atoms with Gasteiger partial charge in [-0.1, -0.05) is 42.5 Å². The Bertz CT molecular complexity index is 1140. The molecule has 0 spiro atoms. The first-order valence-corrected chi connectivity index (χ1v) is 10.1. The number of carbonyl (C=O) groups excluding carboxylic acids is 2. The summed E-state index contributed by atoms with van der Waals surface area (Å²) in [5, 5.41) is 4.59. The number of methoxy groups -OCH3 is 1. The maximum atomic E-state index is 12.2. The molecule has 0 aliphatic carbocycles. The molecule has 2 amide bonds. The molecule has 3 aromatic carbocycles. The van der Waals surface area contributed by atoms with Gasteiger partial charge >= 0.3 is 0 Å². The van der Waals surface area contributed by atoms with E-state index < -0.39 is 11.8 Å². The normalized spacial score (nSPS) is 10.6. The van der Waals surface area contributed by atoms with Gasteiger partial charge in [-0.05, 0) is 68.8 Å². The van der Waals surface area contributed by atoms with E-state index in [2.05, 4.69) is 32.1 Å². The third-order valence-electron chi connectivity index (χ3n) is 4.18. The van der Waals surface area contributed by atoms with Crippen LogP contribution in [0, 0.1) is 0 Å². The molecule has 8 heteroatoms. The Morgan fingerprint density at radius 3 is 2.57 bits per heavy atom. The molecule has 6 nitrogen and oxygen atoms in total. The summed E-state index contributed by atoms with van der Waals surface area (Å²) in [5.41, 5.74) is 6.25. The number of thiocarbonyl (C=S) groups is 1. The molecule has 0 atom stereocenters. The molecule has 152 valence electrons. The smallest absolute Gasteiger partial charge is 0.269 e. The summed E-state index contributed by atoms with van der Waals surface area (Å²) in [6, 6.07) is 18.7. The summed E-state index contributed by atoms with van der Waals surface area (Å²) in [6.07, 6.45) is 3.10. The predicted octanol–water partition coefficient (Wildman–Crippen LogP) is 3.96. The second kappa shape index (κ2) is 10.00. The number of halogens is 1. The predicted molar refractivity (Wildman–Crippen MR) is 125 cm³/mol. The molecule has 3 aromatic rings. The van der Waals surface area contributed by atoms with Gasteiger partial charge in [-0.2, -0.15) is 0 Å². The van der Waals surface area contributed by atoms with E-state index in [9.17, 15) is 9.59 Å². The topological polar surface area (TPSA) is 79.5 Å². The standard InChI is InChI=1S/C22H18BrN3O3S/c1-29-19-11-9-16(13-18(19)23)21(28)25-26-22(30)24-20(27)12-10-15-7-4-6-14-5-2-3-8-17(14)15/h2-13H,1H3,(H,25,28)(H2,24,26,27,30)/b12-10+. The summed E-state index contributed by atoms with van der Waals surface area (Å²) in [6.45, 7) is 0. The Balaban J connectivity index is 1.54. The van der Waals surface area contributed by atoms with Gasteiger partial charge < -0.3 is 4.74 Å². The van der Waals surface area contributed by atoms with Crippen LogP contribution in [-0.4, -0.2) is 24.0 Å². The molecule has 3 rings (SSSR count). The number of nitrogens with one attached hydrogen (secondary N) is 3. The number of ether oxygens (including phenoxy) is 1. The maximum Gasteiger partial charge on any atom is 0.269 e. The molecule has 0 radical (unpaired) electrons. The van der Waals surface area contributed by atoms with Crippen LogP contribution in [0.15, 0.2) is 71.2 Å². The number of benzene rings is 3. The molecule has 0 aliphatic heterocycles. The lowest BCUT2D eigenvalue weighted by atomic mass is 10.0. The number of hydrogen-bond acceptors (Lipinski definition) is 4. The Hall–Kier alpha value is -3.23. The van der Waals surface area contributed by atoms with Crippen LogP contribution in [0.1, 0.15) is 15.9 Å². The maximum absolute atomic E-state index is 12.2. The molecule has 0 saturated carbocycles. The van der Waals surface area contributed by atoms with Crippen LogP contribution in [0.5, 0.6) is 5.75 Å². The SMILES string of the molecule is COc1ccc(C(=O)NNC(=S)NC(=O)/C=C/c2cccc3ccccc23)cc1Br. The van der Waals surface area contributed by atoms with Gasteiger partial charge in [0.1, 0.15) is 5.75 Å². The van der Waals surface area contributed by atoms with Gasteiger partial charge in [0.05, 0.1) is 11.6 Å². The highest BCUT2D eigenvalue weighted by molar-refractivity contribution is 9.10. The zero-order valence-electron chi connectivity index (χ0n) is 15.9. The first-order chi connectivity index (χ1) is 14.5. The Morgan fingerprint density at radius 2 is 1.80 bits per heavy atom. The molecule has 0 unspecified atom stereocenters. The lowest BCUT2D eigenvalue weighted by Gasteiger charge is -2.10. The fourth-order valence-corrected chi connectivity index (χ4v) is 3.43. The van der Waals surface area contributed by atoms with Gasteiger partial charge in [0, 0.05) is 11.6 Å². The van der Waals surface area contributed by atoms with E-state index in [1.807, 2.05) is 42.5 Å². The van der Waals surface area contributed by atoms with Crippen molar-refractivity contribution in [2.45, 2.75) is 0 Å². The monoisotopic (exact) mass is 483 g/mol. The Morgan fingerprint density at radius 1 is 1.03 bits per heavy atom. The Labute approximate surface area is 187 Å². The minimum Gasteiger partial charge on any atom is -0.496 e. The molecule has 0 bridgehead atoms. The summed E-state index contributed by atoms with van der Waals surface area (Å²) in [7, 11) is 1.54. The second-order valence-corrected chi connectivity index (χ2v) is 7.41. The zero-order valence-corrected chi connectivity index (χ0v) is 18.3. The minimum absolute atomic E-state index is 0.0245. The summed E-state index contributed by atoms with van der Waals surface area (Å²) < 4.78 is 5.78. The number of carbonyl (C=O) groups is 2. The highest BCUT2D eigenvalue weighted by Crippen LogP contribution is 2.25. The van der Waals surface area contributed by atoms with Crippen molar-refractivity contribution in [2.75, 3.05) is 7.11 Å². The quantitative estimate of drug-likeness (QED) is 0.297. The van der Waals surface area contributed by atoms with Crippen molar-refractivity contribution in [3.05, 3.63) is 82.3 Å². The van der Waals surface area contributed by atoms with Gasteiger partial charge in [0.15, 0.2) is 5.11 Å². The van der Waals surface area contributed by atoms with Gasteiger partial charge in [0.25, 0.3) is 5.91 Å². The highest BCUT2D eigenvalue weighted by atomic mass is 79.9. The fraction of sp³-hybridized carbons (Fsp3) is 0.0455. The van der Waals surface area contributed by atoms with Crippen LogP contribution in [-0.2, 0) is 4.79 Å². The highest BCUT2D eigenvalue weighted by Gasteiger charge is 2.09. The molecule has 0 aliphatic rings. The zero-order chi connectivity index (χ0) is 21.5. The average Bonchev–Trinajstić information content (AvgIpc) is 2.76. The van der Waals surface area contributed by atoms with Crippen LogP contribution in [0.3, 0.4) is 0 Å². The third kappa shape index (κ3) is 5.43. The van der Waals surface area contributed by atoms with Crippen LogP contribution < -0.4 is 20.9 Å². The summed E-state index contributed by atoms with van der Waals surface area (Å²) in [5.74, 6) is -0.219. The van der Waals surface area contributed by atoms with Crippen molar-refractivity contribution < 1.29 is 14.3 Å². The van der Waals surface area contributed by atoms with Crippen LogP contribution in [0.4, 0.5) is 0 Å². The molecule has 0 fully saturated rings. The second-order valence-electron chi connectivity index (χ2n) is 6.15. The van der Waals surface area contributed by atoms with Crippen molar-refractivity contribution in [2.24, 2.45) is 0 Å². The number of fused-ring (bicyclic) bond motifs is 1. The van der Waals surface area contributed by atoms with Crippen molar-refractivity contribution in [1.82, 2.24) is 16.2 Å². The van der Waals surface area contributed by atoms with E-state index in [0.717, 1.165) is 16.3 Å². The lowest BCUT2D eigenvalue weighted by Crippen LogP contribution is -2.48. The molecule has 0 saturated heterocycles. The molecule has 0 aromatic heterocycles. The van der Waals surface area contributed by atoms with Gasteiger partial charge in [-0.15, -0.1) is 0 Å². The first kappa shape index (κ1) is 21.5. The van der Waals surface area contributed by atoms with E-state index in [1.54, 1.807) is 24.3 Å². The molecule has 30 heavy (non-hydrogen) atoms. The minimum atomic E-state index is -0.416. The summed E-state index contributed by atoms with van der Waals surface area (Å²) in [4.78, 5) is 24.3. The van der Waals surface area contributed by atoms with Crippen molar-refractivity contribution in [1.29, 1.82) is 0 Å². The van der Waals surface area contributed by atoms with Gasteiger partial charge in [-0.3, -0.25) is 25.8 Å². The Kier molecular flexibility index (Phi) is 7.16. The number of rotatable bonds is 4. The van der Waals surface area contributed by atoms with E-state index >= 15 is 0 Å². The van der Waals surface area contributed by atoms with E-state index in [1.165, 1.54) is 13.2 Å².